The van der Waals surface area contributed by atoms with Crippen LogP contribution in [0.2, 0.25) is 0 Å². The zero-order valence-electron chi connectivity index (χ0n) is 12.1. The molecule has 7 heteroatoms. The summed E-state index contributed by atoms with van der Waals surface area (Å²) in [6.07, 6.45) is 0.0509. The quantitative estimate of drug-likeness (QED) is 0.440. The first-order valence-corrected chi connectivity index (χ1v) is 6.46. The van der Waals surface area contributed by atoms with Crippen molar-refractivity contribution in [2.75, 3.05) is 7.11 Å². The van der Waals surface area contributed by atoms with Crippen molar-refractivity contribution >= 4 is 5.91 Å². The van der Waals surface area contributed by atoms with Gasteiger partial charge in [-0.05, 0) is 38.1 Å². The number of aromatic amines is 1. The van der Waals surface area contributed by atoms with Gasteiger partial charge in [0.05, 0.1) is 18.9 Å². The van der Waals surface area contributed by atoms with E-state index >= 15 is 0 Å². The van der Waals surface area contributed by atoms with E-state index in [9.17, 15) is 4.79 Å². The van der Waals surface area contributed by atoms with Gasteiger partial charge in [0.1, 0.15) is 5.69 Å². The zero-order valence-corrected chi connectivity index (χ0v) is 12.1. The second-order valence-corrected chi connectivity index (χ2v) is 4.67. The highest BCUT2D eigenvalue weighted by Crippen LogP contribution is 2.32. The van der Waals surface area contributed by atoms with E-state index in [0.717, 1.165) is 5.56 Å². The number of aromatic nitrogens is 2. The van der Waals surface area contributed by atoms with E-state index < -0.39 is 5.91 Å². The number of H-pyrrole nitrogens is 1. The number of nitrogens with zero attached hydrogens (tertiary/aromatic N) is 1. The van der Waals surface area contributed by atoms with Crippen molar-refractivity contribution in [1.82, 2.24) is 15.6 Å². The van der Waals surface area contributed by atoms with E-state index in [2.05, 4.69) is 10.2 Å². The fraction of sp³-hybridized carbons (Fsp3) is 0.286. The van der Waals surface area contributed by atoms with E-state index in [-0.39, 0.29) is 11.8 Å². The van der Waals surface area contributed by atoms with Crippen LogP contribution in [0.3, 0.4) is 0 Å². The number of rotatable bonds is 5. The summed E-state index contributed by atoms with van der Waals surface area (Å²) in [5, 5.41) is 6.71. The summed E-state index contributed by atoms with van der Waals surface area (Å²) in [7, 11) is 1.57. The average molecular weight is 290 g/mol. The maximum atomic E-state index is 11.4. The molecule has 1 aromatic heterocycles. The molecule has 1 heterocycles. The second kappa shape index (κ2) is 6.27. The van der Waals surface area contributed by atoms with Crippen LogP contribution in [0, 0.1) is 0 Å². The standard InChI is InChI=1S/C14H18N4O3/c1-8(2)21-12-5-4-9(6-13(12)20-3)10-7-11(18-17-10)14(19)16-15/h4-8H,15H2,1-3H3,(H,16,19)(H,17,18). The molecule has 4 N–H and O–H groups in total. The van der Waals surface area contributed by atoms with Gasteiger partial charge in [0.25, 0.3) is 5.91 Å². The van der Waals surface area contributed by atoms with Gasteiger partial charge in [-0.3, -0.25) is 15.3 Å². The normalized spacial score (nSPS) is 10.5. The Bertz CT molecular complexity index is 637. The van der Waals surface area contributed by atoms with Crippen molar-refractivity contribution in [1.29, 1.82) is 0 Å². The Morgan fingerprint density at radius 3 is 2.71 bits per heavy atom. The number of nitrogen functional groups attached to an aromatic ring is 1. The van der Waals surface area contributed by atoms with Crippen LogP contribution < -0.4 is 20.7 Å². The Labute approximate surface area is 122 Å². The SMILES string of the molecule is COc1cc(-c2cc(C(=O)NN)[nH]n2)ccc1OC(C)C. The molecular weight excluding hydrogens is 272 g/mol. The summed E-state index contributed by atoms with van der Waals surface area (Å²) in [5.41, 5.74) is 3.75. The maximum Gasteiger partial charge on any atom is 0.283 e. The van der Waals surface area contributed by atoms with E-state index in [1.165, 1.54) is 0 Å². The van der Waals surface area contributed by atoms with Crippen LogP contribution in [0.15, 0.2) is 24.3 Å². The van der Waals surface area contributed by atoms with E-state index in [4.69, 9.17) is 15.3 Å². The Morgan fingerprint density at radius 1 is 1.33 bits per heavy atom. The third kappa shape index (κ3) is 3.32. The first-order valence-electron chi connectivity index (χ1n) is 6.46. The Morgan fingerprint density at radius 2 is 2.10 bits per heavy atom. The third-order valence-electron chi connectivity index (χ3n) is 2.78. The van der Waals surface area contributed by atoms with Gasteiger partial charge in [-0.25, -0.2) is 5.84 Å². The average Bonchev–Trinajstić information content (AvgIpc) is 2.96. The van der Waals surface area contributed by atoms with Crippen LogP contribution in [0.4, 0.5) is 0 Å². The lowest BCUT2D eigenvalue weighted by molar-refractivity contribution is 0.0948. The maximum absolute atomic E-state index is 11.4. The lowest BCUT2D eigenvalue weighted by Crippen LogP contribution is -2.30. The van der Waals surface area contributed by atoms with Crippen molar-refractivity contribution in [2.24, 2.45) is 5.84 Å². The molecule has 2 rings (SSSR count). The van der Waals surface area contributed by atoms with Crippen LogP contribution in [0.25, 0.3) is 11.3 Å². The first-order chi connectivity index (χ1) is 10.0. The fourth-order valence-electron chi connectivity index (χ4n) is 1.84. The van der Waals surface area contributed by atoms with Gasteiger partial charge in [-0.15, -0.1) is 0 Å². The predicted molar refractivity (Wildman–Crippen MR) is 78.0 cm³/mol. The van der Waals surface area contributed by atoms with Crippen molar-refractivity contribution in [3.8, 4) is 22.8 Å². The number of carbonyl (C=O) groups excluding carboxylic acids is 1. The molecule has 0 radical (unpaired) electrons. The zero-order chi connectivity index (χ0) is 15.4. The van der Waals surface area contributed by atoms with Crippen LogP contribution in [0.5, 0.6) is 11.5 Å². The van der Waals surface area contributed by atoms with Crippen molar-refractivity contribution in [3.63, 3.8) is 0 Å². The number of benzene rings is 1. The minimum absolute atomic E-state index is 0.0509. The van der Waals surface area contributed by atoms with Gasteiger partial charge >= 0.3 is 0 Å². The molecule has 2 aromatic rings. The molecule has 0 saturated heterocycles. The van der Waals surface area contributed by atoms with Crippen LogP contribution in [-0.2, 0) is 0 Å². The lowest BCUT2D eigenvalue weighted by atomic mass is 10.1. The number of nitrogens with one attached hydrogen (secondary N) is 2. The Kier molecular flexibility index (Phi) is 4.44. The summed E-state index contributed by atoms with van der Waals surface area (Å²) < 4.78 is 11.0. The Balaban J connectivity index is 2.32. The highest BCUT2D eigenvalue weighted by atomic mass is 16.5. The van der Waals surface area contributed by atoms with E-state index in [1.54, 1.807) is 19.2 Å². The molecule has 0 spiro atoms. The molecule has 0 aliphatic carbocycles. The predicted octanol–water partition coefficient (Wildman–Crippen LogP) is 1.48. The first kappa shape index (κ1) is 14.9. The van der Waals surface area contributed by atoms with Crippen LogP contribution in [-0.4, -0.2) is 29.3 Å². The lowest BCUT2D eigenvalue weighted by Gasteiger charge is -2.14. The summed E-state index contributed by atoms with van der Waals surface area (Å²) in [6, 6.07) is 7.07. The van der Waals surface area contributed by atoms with Gasteiger partial charge in [0, 0.05) is 5.56 Å². The number of hydrogen-bond donors (Lipinski definition) is 3. The van der Waals surface area contributed by atoms with Gasteiger partial charge < -0.3 is 9.47 Å². The molecule has 0 saturated carbocycles. The second-order valence-electron chi connectivity index (χ2n) is 4.67. The number of ether oxygens (including phenoxy) is 2. The molecule has 112 valence electrons. The molecule has 0 fully saturated rings. The highest BCUT2D eigenvalue weighted by Gasteiger charge is 2.13. The van der Waals surface area contributed by atoms with Gasteiger partial charge in [0.2, 0.25) is 0 Å². The van der Waals surface area contributed by atoms with Crippen molar-refractivity contribution in [3.05, 3.63) is 30.0 Å². The minimum Gasteiger partial charge on any atom is -0.493 e. The van der Waals surface area contributed by atoms with Crippen molar-refractivity contribution < 1.29 is 14.3 Å². The topological polar surface area (TPSA) is 102 Å². The van der Waals surface area contributed by atoms with Crippen molar-refractivity contribution in [2.45, 2.75) is 20.0 Å². The minimum atomic E-state index is -0.430. The molecule has 0 aliphatic rings. The smallest absolute Gasteiger partial charge is 0.283 e. The van der Waals surface area contributed by atoms with Gasteiger partial charge in [-0.2, -0.15) is 5.10 Å². The molecule has 1 amide bonds. The van der Waals surface area contributed by atoms with Crippen LogP contribution in [0.1, 0.15) is 24.3 Å². The number of hydrazine groups is 1. The summed E-state index contributed by atoms with van der Waals surface area (Å²) >= 11 is 0. The summed E-state index contributed by atoms with van der Waals surface area (Å²) in [6.45, 7) is 3.89. The number of nitrogens with two attached hydrogens (primary N) is 1. The molecule has 21 heavy (non-hydrogen) atoms. The molecular formula is C14H18N4O3. The molecule has 0 atom stereocenters. The summed E-state index contributed by atoms with van der Waals surface area (Å²) in [5.74, 6) is 5.91. The molecule has 7 nitrogen and oxygen atoms in total. The number of hydrogen-bond acceptors (Lipinski definition) is 5. The van der Waals surface area contributed by atoms with E-state index in [0.29, 0.717) is 17.2 Å². The van der Waals surface area contributed by atoms with Crippen LogP contribution >= 0.6 is 0 Å². The fourth-order valence-corrected chi connectivity index (χ4v) is 1.84. The molecule has 1 aromatic carbocycles. The van der Waals surface area contributed by atoms with Gasteiger partial charge in [-0.1, -0.05) is 0 Å². The van der Waals surface area contributed by atoms with Gasteiger partial charge in [0.15, 0.2) is 11.5 Å². The van der Waals surface area contributed by atoms with E-state index in [1.807, 2.05) is 31.4 Å². The Hall–Kier alpha value is -2.54. The number of amides is 1. The number of methoxy groups -OCH3 is 1. The molecule has 0 bridgehead atoms. The monoisotopic (exact) mass is 290 g/mol. The third-order valence-corrected chi connectivity index (χ3v) is 2.78. The summed E-state index contributed by atoms with van der Waals surface area (Å²) in [4.78, 5) is 11.4. The largest absolute Gasteiger partial charge is 0.493 e. The highest BCUT2D eigenvalue weighted by molar-refractivity contribution is 5.92. The number of carbonyl (C=O) groups is 1. The molecule has 0 unspecified atom stereocenters. The molecule has 0 aliphatic heterocycles.